The average Bonchev–Trinajstić information content (AvgIpc) is 1.59. The van der Waals surface area contributed by atoms with Crippen LogP contribution in [0, 0.1) is 0 Å². The summed E-state index contributed by atoms with van der Waals surface area (Å²) >= 11 is 3.81. The highest BCUT2D eigenvalue weighted by Crippen LogP contribution is 1.86. The normalized spacial score (nSPS) is 13.6. The maximum absolute atomic E-state index is 10.2. The molecular formula is C3H9N3O2S2. The van der Waals surface area contributed by atoms with Crippen molar-refractivity contribution in [3.63, 3.8) is 0 Å². The molecule has 4 N–H and O–H groups in total. The Kier molecular flexibility index (Phi) is 3.69. The molecule has 10 heavy (non-hydrogen) atoms. The van der Waals surface area contributed by atoms with Crippen molar-refractivity contribution in [3.8, 4) is 0 Å². The molecule has 0 bridgehead atoms. The Labute approximate surface area is 65.1 Å². The summed E-state index contributed by atoms with van der Waals surface area (Å²) in [6.45, 7) is 0. The molecule has 0 unspecified atom stereocenters. The van der Waals surface area contributed by atoms with Crippen molar-refractivity contribution in [1.29, 1.82) is 0 Å². The number of hydrogen-bond acceptors (Lipinski definition) is 3. The van der Waals surface area contributed by atoms with Gasteiger partial charge >= 0.3 is 10.2 Å². The SMILES string of the molecule is NC(CCS)=NS(N)(=O)=O. The molecule has 60 valence electrons. The van der Waals surface area contributed by atoms with E-state index in [0.717, 1.165) is 0 Å². The number of rotatable bonds is 3. The highest BCUT2D eigenvalue weighted by Gasteiger charge is 1.98. The van der Waals surface area contributed by atoms with Gasteiger partial charge in [-0.3, -0.25) is 0 Å². The van der Waals surface area contributed by atoms with E-state index in [1.54, 1.807) is 0 Å². The maximum atomic E-state index is 10.2. The van der Waals surface area contributed by atoms with Crippen LogP contribution in [0.1, 0.15) is 6.42 Å². The summed E-state index contributed by atoms with van der Waals surface area (Å²) in [5.41, 5.74) is 5.11. The van der Waals surface area contributed by atoms with Gasteiger partial charge in [0.15, 0.2) is 0 Å². The molecule has 0 fully saturated rings. The first-order chi connectivity index (χ1) is 4.45. The van der Waals surface area contributed by atoms with Crippen LogP contribution in [0.2, 0.25) is 0 Å². The van der Waals surface area contributed by atoms with E-state index in [2.05, 4.69) is 22.2 Å². The third-order valence-corrected chi connectivity index (χ3v) is 1.33. The number of nitrogens with zero attached hydrogens (tertiary/aromatic N) is 1. The molecule has 0 atom stereocenters. The lowest BCUT2D eigenvalue weighted by Gasteiger charge is -1.93. The molecule has 0 saturated heterocycles. The van der Waals surface area contributed by atoms with Gasteiger partial charge in [0.1, 0.15) is 5.84 Å². The molecule has 0 aliphatic rings. The summed E-state index contributed by atoms with van der Waals surface area (Å²) in [7, 11) is -3.82. The van der Waals surface area contributed by atoms with Crippen LogP contribution in [0.5, 0.6) is 0 Å². The second-order valence-electron chi connectivity index (χ2n) is 1.57. The Morgan fingerprint density at radius 3 is 2.40 bits per heavy atom. The Balaban J connectivity index is 4.18. The molecule has 0 aromatic carbocycles. The summed E-state index contributed by atoms with van der Waals surface area (Å²) in [6, 6.07) is 0. The number of amidine groups is 1. The third kappa shape index (κ3) is 5.86. The van der Waals surface area contributed by atoms with Gasteiger partial charge in [0.05, 0.1) is 0 Å². The van der Waals surface area contributed by atoms with Gasteiger partial charge in [-0.15, -0.1) is 4.40 Å². The molecule has 0 saturated carbocycles. The zero-order valence-corrected chi connectivity index (χ0v) is 6.90. The molecule has 0 rings (SSSR count). The van der Waals surface area contributed by atoms with E-state index in [0.29, 0.717) is 12.2 Å². The van der Waals surface area contributed by atoms with Gasteiger partial charge in [-0.25, -0.2) is 5.14 Å². The zero-order chi connectivity index (χ0) is 8.20. The van der Waals surface area contributed by atoms with Crippen LogP contribution < -0.4 is 10.9 Å². The van der Waals surface area contributed by atoms with E-state index in [4.69, 9.17) is 5.73 Å². The minimum absolute atomic E-state index is 0.0162. The van der Waals surface area contributed by atoms with Gasteiger partial charge in [0, 0.05) is 6.42 Å². The van der Waals surface area contributed by atoms with Crippen LogP contribution in [0.4, 0.5) is 0 Å². The lowest BCUT2D eigenvalue weighted by molar-refractivity contribution is 0.599. The average molecular weight is 183 g/mol. The summed E-state index contributed by atoms with van der Waals surface area (Å²) < 4.78 is 23.4. The first-order valence-electron chi connectivity index (χ1n) is 2.43. The predicted molar refractivity (Wildman–Crippen MR) is 43.2 cm³/mol. The van der Waals surface area contributed by atoms with Crippen LogP contribution in [0.15, 0.2) is 4.40 Å². The molecule has 0 radical (unpaired) electrons. The van der Waals surface area contributed by atoms with Gasteiger partial charge in [-0.2, -0.15) is 21.0 Å². The Bertz CT molecular complexity index is 220. The van der Waals surface area contributed by atoms with E-state index in [-0.39, 0.29) is 5.84 Å². The summed E-state index contributed by atoms with van der Waals surface area (Å²) in [6.07, 6.45) is 0.319. The number of thiol groups is 1. The lowest BCUT2D eigenvalue weighted by atomic mass is 10.5. The Morgan fingerprint density at radius 2 is 2.10 bits per heavy atom. The van der Waals surface area contributed by atoms with Crippen LogP contribution >= 0.6 is 12.6 Å². The van der Waals surface area contributed by atoms with Crippen LogP contribution in [-0.2, 0) is 10.2 Å². The number of hydrogen-bond donors (Lipinski definition) is 3. The van der Waals surface area contributed by atoms with E-state index in [1.807, 2.05) is 0 Å². The predicted octanol–water partition coefficient (Wildman–Crippen LogP) is -1.13. The molecule has 0 aliphatic carbocycles. The van der Waals surface area contributed by atoms with Crippen LogP contribution in [0.25, 0.3) is 0 Å². The highest BCUT2D eigenvalue weighted by atomic mass is 32.2. The molecule has 0 spiro atoms. The molecular weight excluding hydrogens is 174 g/mol. The van der Waals surface area contributed by atoms with E-state index in [1.165, 1.54) is 0 Å². The minimum Gasteiger partial charge on any atom is -0.386 e. The van der Waals surface area contributed by atoms with Crippen LogP contribution in [-0.4, -0.2) is 20.0 Å². The van der Waals surface area contributed by atoms with Crippen molar-refractivity contribution in [2.45, 2.75) is 6.42 Å². The van der Waals surface area contributed by atoms with Gasteiger partial charge < -0.3 is 5.73 Å². The molecule has 0 heterocycles. The van der Waals surface area contributed by atoms with E-state index in [9.17, 15) is 8.42 Å². The molecule has 0 amide bonds. The fourth-order valence-corrected chi connectivity index (χ4v) is 0.971. The summed E-state index contributed by atoms with van der Waals surface area (Å²) in [5, 5.41) is 4.55. The molecule has 5 nitrogen and oxygen atoms in total. The Morgan fingerprint density at radius 1 is 1.60 bits per heavy atom. The lowest BCUT2D eigenvalue weighted by Crippen LogP contribution is -2.18. The highest BCUT2D eigenvalue weighted by molar-refractivity contribution is 7.88. The van der Waals surface area contributed by atoms with Crippen molar-refractivity contribution < 1.29 is 8.42 Å². The van der Waals surface area contributed by atoms with E-state index >= 15 is 0 Å². The minimum atomic E-state index is -3.82. The van der Waals surface area contributed by atoms with Gasteiger partial charge in [0.25, 0.3) is 0 Å². The van der Waals surface area contributed by atoms with Crippen molar-refractivity contribution >= 4 is 28.7 Å². The largest absolute Gasteiger partial charge is 0.386 e. The quantitative estimate of drug-likeness (QED) is 0.293. The molecule has 0 aromatic rings. The number of nitrogens with two attached hydrogens (primary N) is 2. The molecule has 7 heteroatoms. The van der Waals surface area contributed by atoms with Gasteiger partial charge in [0.2, 0.25) is 0 Å². The standard InChI is InChI=1S/C3H9N3O2S2/c4-3(1-2-9)6-10(5,7)8/h9H,1-2H2,(H2,4,6)(H2,5,7,8). The summed E-state index contributed by atoms with van der Waals surface area (Å²) in [4.78, 5) is 0. The first-order valence-corrected chi connectivity index (χ1v) is 4.57. The van der Waals surface area contributed by atoms with Crippen molar-refractivity contribution in [2.75, 3.05) is 5.75 Å². The fraction of sp³-hybridized carbons (Fsp3) is 0.667. The Hall–Kier alpha value is -0.270. The van der Waals surface area contributed by atoms with Crippen molar-refractivity contribution in [3.05, 3.63) is 0 Å². The second-order valence-corrected chi connectivity index (χ2v) is 3.23. The zero-order valence-electron chi connectivity index (χ0n) is 5.19. The fourth-order valence-electron chi connectivity index (χ4n) is 0.324. The topological polar surface area (TPSA) is 98.5 Å². The smallest absolute Gasteiger partial charge is 0.318 e. The van der Waals surface area contributed by atoms with Crippen molar-refractivity contribution in [2.24, 2.45) is 15.3 Å². The monoisotopic (exact) mass is 183 g/mol. The third-order valence-electron chi connectivity index (χ3n) is 0.612. The molecule has 0 aromatic heterocycles. The second kappa shape index (κ2) is 3.79. The van der Waals surface area contributed by atoms with Crippen LogP contribution in [0.3, 0.4) is 0 Å². The van der Waals surface area contributed by atoms with E-state index < -0.39 is 10.2 Å². The maximum Gasteiger partial charge on any atom is 0.318 e. The van der Waals surface area contributed by atoms with Gasteiger partial charge in [-0.05, 0) is 5.75 Å². The van der Waals surface area contributed by atoms with Crippen molar-refractivity contribution in [1.82, 2.24) is 0 Å². The summed E-state index contributed by atoms with van der Waals surface area (Å²) in [5.74, 6) is 0.433. The van der Waals surface area contributed by atoms with Gasteiger partial charge in [-0.1, -0.05) is 0 Å². The molecule has 0 aliphatic heterocycles. The first kappa shape index (κ1) is 9.73.